The van der Waals surface area contributed by atoms with Crippen LogP contribution < -0.4 is 5.32 Å². The molecule has 1 N–H and O–H groups in total. The number of amides is 1. The van der Waals surface area contributed by atoms with Crippen LogP contribution in [0.5, 0.6) is 0 Å². The predicted octanol–water partition coefficient (Wildman–Crippen LogP) is 4.00. The van der Waals surface area contributed by atoms with E-state index >= 15 is 0 Å². The van der Waals surface area contributed by atoms with E-state index in [4.69, 9.17) is 11.6 Å². The van der Waals surface area contributed by atoms with Crippen LogP contribution in [0, 0.1) is 6.92 Å². The molecule has 1 fully saturated rings. The van der Waals surface area contributed by atoms with E-state index in [2.05, 4.69) is 5.32 Å². The summed E-state index contributed by atoms with van der Waals surface area (Å²) in [5.41, 5.74) is 2.34. The molecule has 1 heterocycles. The molecule has 144 valence electrons. The van der Waals surface area contributed by atoms with Crippen molar-refractivity contribution in [2.75, 3.05) is 18.4 Å². The molecule has 0 aliphatic carbocycles. The topological polar surface area (TPSA) is 66.5 Å². The standard InChI is InChI=1S/C20H23ClN2O3S/c1-15-5-8-17(14-19(15)21)22-20(24)13-16-6-9-18(10-7-16)27(25,26)23-11-3-2-4-12-23/h5-10,14H,2-4,11-13H2,1H3,(H,22,24). The molecule has 2 aromatic carbocycles. The van der Waals surface area contributed by atoms with Gasteiger partial charge in [0.05, 0.1) is 11.3 Å². The number of sulfonamides is 1. The number of anilines is 1. The van der Waals surface area contributed by atoms with Crippen molar-refractivity contribution in [2.24, 2.45) is 0 Å². The maximum atomic E-state index is 12.7. The zero-order valence-corrected chi connectivity index (χ0v) is 16.8. The molecule has 0 radical (unpaired) electrons. The van der Waals surface area contributed by atoms with E-state index < -0.39 is 10.0 Å². The van der Waals surface area contributed by atoms with Crippen LogP contribution in [0.3, 0.4) is 0 Å². The molecule has 5 nitrogen and oxygen atoms in total. The average Bonchev–Trinajstić information content (AvgIpc) is 2.66. The van der Waals surface area contributed by atoms with Gasteiger partial charge in [-0.05, 0) is 55.2 Å². The van der Waals surface area contributed by atoms with E-state index in [1.807, 2.05) is 13.0 Å². The Hall–Kier alpha value is -1.89. The van der Waals surface area contributed by atoms with E-state index in [-0.39, 0.29) is 17.2 Å². The van der Waals surface area contributed by atoms with Gasteiger partial charge < -0.3 is 5.32 Å². The molecule has 3 rings (SSSR count). The predicted molar refractivity (Wildman–Crippen MR) is 108 cm³/mol. The Morgan fingerprint density at radius 1 is 1.07 bits per heavy atom. The summed E-state index contributed by atoms with van der Waals surface area (Å²) in [5.74, 6) is -0.179. The Morgan fingerprint density at radius 3 is 2.37 bits per heavy atom. The summed E-state index contributed by atoms with van der Waals surface area (Å²) >= 11 is 6.07. The number of benzene rings is 2. The number of rotatable bonds is 5. The average molecular weight is 407 g/mol. The van der Waals surface area contributed by atoms with E-state index in [0.29, 0.717) is 23.8 Å². The lowest BCUT2D eigenvalue weighted by molar-refractivity contribution is -0.115. The summed E-state index contributed by atoms with van der Waals surface area (Å²) in [5, 5.41) is 3.40. The van der Waals surface area contributed by atoms with Crippen LogP contribution in [0.4, 0.5) is 5.69 Å². The Bertz CT molecular complexity index is 921. The van der Waals surface area contributed by atoms with Gasteiger partial charge in [0.15, 0.2) is 0 Å². The summed E-state index contributed by atoms with van der Waals surface area (Å²) in [7, 11) is -3.45. The van der Waals surface area contributed by atoms with Crippen molar-refractivity contribution in [1.29, 1.82) is 0 Å². The third-order valence-electron chi connectivity index (χ3n) is 4.70. The second-order valence-corrected chi connectivity index (χ2v) is 9.14. The zero-order chi connectivity index (χ0) is 19.4. The number of halogens is 1. The van der Waals surface area contributed by atoms with Crippen LogP contribution >= 0.6 is 11.6 Å². The third-order valence-corrected chi connectivity index (χ3v) is 7.02. The van der Waals surface area contributed by atoms with E-state index in [1.54, 1.807) is 40.7 Å². The number of nitrogens with one attached hydrogen (secondary N) is 1. The second-order valence-electron chi connectivity index (χ2n) is 6.80. The van der Waals surface area contributed by atoms with Crippen molar-refractivity contribution in [3.63, 3.8) is 0 Å². The highest BCUT2D eigenvalue weighted by Gasteiger charge is 2.25. The lowest BCUT2D eigenvalue weighted by Crippen LogP contribution is -2.35. The molecule has 0 saturated carbocycles. The molecular weight excluding hydrogens is 384 g/mol. The molecule has 0 spiro atoms. The van der Waals surface area contributed by atoms with Crippen LogP contribution in [0.25, 0.3) is 0 Å². The minimum Gasteiger partial charge on any atom is -0.326 e. The highest BCUT2D eigenvalue weighted by Crippen LogP contribution is 2.22. The first-order valence-corrected chi connectivity index (χ1v) is 10.8. The van der Waals surface area contributed by atoms with E-state index in [1.165, 1.54) is 0 Å². The maximum Gasteiger partial charge on any atom is 0.243 e. The highest BCUT2D eigenvalue weighted by atomic mass is 35.5. The van der Waals surface area contributed by atoms with Crippen LogP contribution in [0.15, 0.2) is 47.4 Å². The van der Waals surface area contributed by atoms with Gasteiger partial charge in [0.25, 0.3) is 0 Å². The Labute approximate surface area is 165 Å². The molecule has 0 aromatic heterocycles. The van der Waals surface area contributed by atoms with E-state index in [9.17, 15) is 13.2 Å². The quantitative estimate of drug-likeness (QED) is 0.815. The van der Waals surface area contributed by atoms with Crippen LogP contribution in [0.2, 0.25) is 5.02 Å². The largest absolute Gasteiger partial charge is 0.326 e. The molecule has 1 aliphatic rings. The summed E-state index contributed by atoms with van der Waals surface area (Å²) in [6, 6.07) is 11.9. The van der Waals surface area contributed by atoms with Crippen molar-refractivity contribution in [2.45, 2.75) is 37.5 Å². The lowest BCUT2D eigenvalue weighted by Gasteiger charge is -2.25. The van der Waals surface area contributed by atoms with Crippen molar-refractivity contribution < 1.29 is 13.2 Å². The molecule has 1 aliphatic heterocycles. The van der Waals surface area contributed by atoms with Gasteiger partial charge in [-0.1, -0.05) is 36.2 Å². The number of hydrogen-bond donors (Lipinski definition) is 1. The lowest BCUT2D eigenvalue weighted by atomic mass is 10.1. The van der Waals surface area contributed by atoms with Gasteiger partial charge in [-0.2, -0.15) is 4.31 Å². The Kier molecular flexibility index (Phi) is 6.19. The number of nitrogens with zero attached hydrogens (tertiary/aromatic N) is 1. The minimum absolute atomic E-state index is 0.162. The number of piperidine rings is 1. The van der Waals surface area contributed by atoms with Crippen molar-refractivity contribution >= 4 is 33.2 Å². The number of aryl methyl sites for hydroxylation is 1. The Balaban J connectivity index is 1.64. The van der Waals surface area contributed by atoms with Gasteiger partial charge in [-0.25, -0.2) is 8.42 Å². The van der Waals surface area contributed by atoms with Gasteiger partial charge >= 0.3 is 0 Å². The maximum absolute atomic E-state index is 12.7. The van der Waals surface area contributed by atoms with Crippen molar-refractivity contribution in [3.8, 4) is 0 Å². The SMILES string of the molecule is Cc1ccc(NC(=O)Cc2ccc(S(=O)(=O)N3CCCCC3)cc2)cc1Cl. The molecule has 0 unspecified atom stereocenters. The summed E-state index contributed by atoms with van der Waals surface area (Å²) in [4.78, 5) is 12.5. The fraction of sp³-hybridized carbons (Fsp3) is 0.350. The minimum atomic E-state index is -3.45. The first-order valence-electron chi connectivity index (χ1n) is 9.01. The first-order chi connectivity index (χ1) is 12.9. The third kappa shape index (κ3) is 4.89. The highest BCUT2D eigenvalue weighted by molar-refractivity contribution is 7.89. The number of hydrogen-bond acceptors (Lipinski definition) is 3. The molecule has 1 saturated heterocycles. The van der Waals surface area contributed by atoms with Crippen LogP contribution in [-0.2, 0) is 21.2 Å². The van der Waals surface area contributed by atoms with Crippen LogP contribution in [-0.4, -0.2) is 31.7 Å². The number of carbonyl (C=O) groups excluding carboxylic acids is 1. The molecule has 27 heavy (non-hydrogen) atoms. The molecular formula is C20H23ClN2O3S. The zero-order valence-electron chi connectivity index (χ0n) is 15.2. The van der Waals surface area contributed by atoms with Crippen LogP contribution in [0.1, 0.15) is 30.4 Å². The number of carbonyl (C=O) groups is 1. The fourth-order valence-electron chi connectivity index (χ4n) is 3.09. The molecule has 0 atom stereocenters. The second kappa shape index (κ2) is 8.42. The van der Waals surface area contributed by atoms with Gasteiger partial charge in [-0.15, -0.1) is 0 Å². The Morgan fingerprint density at radius 2 is 1.74 bits per heavy atom. The molecule has 0 bridgehead atoms. The van der Waals surface area contributed by atoms with Gasteiger partial charge in [0.2, 0.25) is 15.9 Å². The van der Waals surface area contributed by atoms with Gasteiger partial charge in [0, 0.05) is 23.8 Å². The molecule has 2 aromatic rings. The van der Waals surface area contributed by atoms with Crippen molar-refractivity contribution in [3.05, 3.63) is 58.6 Å². The van der Waals surface area contributed by atoms with E-state index in [0.717, 1.165) is 30.4 Å². The monoisotopic (exact) mass is 406 g/mol. The summed E-state index contributed by atoms with van der Waals surface area (Å²) in [6.07, 6.45) is 3.04. The van der Waals surface area contributed by atoms with Gasteiger partial charge in [-0.3, -0.25) is 4.79 Å². The smallest absolute Gasteiger partial charge is 0.243 e. The van der Waals surface area contributed by atoms with Gasteiger partial charge in [0.1, 0.15) is 0 Å². The molecule has 1 amide bonds. The normalized spacial score (nSPS) is 15.5. The summed E-state index contributed by atoms with van der Waals surface area (Å²) < 4.78 is 26.9. The molecule has 7 heteroatoms. The van der Waals surface area contributed by atoms with Crippen molar-refractivity contribution in [1.82, 2.24) is 4.31 Å². The fourth-order valence-corrected chi connectivity index (χ4v) is 4.79. The first kappa shape index (κ1) is 19.9. The summed E-state index contributed by atoms with van der Waals surface area (Å²) in [6.45, 7) is 3.05.